The van der Waals surface area contributed by atoms with Crippen molar-refractivity contribution in [2.45, 2.75) is 25.7 Å². The van der Waals surface area contributed by atoms with E-state index in [1.165, 1.54) is 27.1 Å². The number of amides is 1. The first-order valence-corrected chi connectivity index (χ1v) is 9.31. The Kier molecular flexibility index (Phi) is 6.34. The molecule has 8 heteroatoms. The monoisotopic (exact) mass is 390 g/mol. The number of rotatable bonds is 5. The maximum atomic E-state index is 12.6. The third kappa shape index (κ3) is 4.60. The summed E-state index contributed by atoms with van der Waals surface area (Å²) < 4.78 is 10.5. The second-order valence-corrected chi connectivity index (χ2v) is 6.73. The van der Waals surface area contributed by atoms with E-state index in [0.29, 0.717) is 22.2 Å². The molecule has 0 aliphatic carbocycles. The fourth-order valence-corrected chi connectivity index (χ4v) is 3.29. The number of aromatic nitrogens is 2. The summed E-state index contributed by atoms with van der Waals surface area (Å²) in [5, 5.41) is 11.5. The SMILES string of the molecule is COc1cc(NC(=O)c2ccc(N3CCCCCC3)nn2)c(OC)cc1Cl. The standard InChI is InChI=1S/C19H23ClN4O3/c1-26-16-12-15(17(27-2)11-13(16)20)21-19(25)14-7-8-18(23-22-14)24-9-5-3-4-6-10-24/h7-8,11-12H,3-6,9-10H2,1-2H3,(H,21,25). The van der Waals surface area contributed by atoms with Gasteiger partial charge in [-0.05, 0) is 25.0 Å². The van der Waals surface area contributed by atoms with Gasteiger partial charge in [0.05, 0.1) is 24.9 Å². The van der Waals surface area contributed by atoms with Gasteiger partial charge in [0.2, 0.25) is 0 Å². The molecule has 0 unspecified atom stereocenters. The third-order valence-electron chi connectivity index (χ3n) is 4.54. The summed E-state index contributed by atoms with van der Waals surface area (Å²) in [6.07, 6.45) is 4.80. The van der Waals surface area contributed by atoms with Crippen molar-refractivity contribution >= 4 is 29.0 Å². The summed E-state index contributed by atoms with van der Waals surface area (Å²) in [7, 11) is 3.01. The van der Waals surface area contributed by atoms with Gasteiger partial charge in [0.15, 0.2) is 11.5 Å². The number of nitrogens with zero attached hydrogens (tertiary/aromatic N) is 3. The molecule has 2 heterocycles. The molecule has 1 aromatic carbocycles. The maximum absolute atomic E-state index is 12.6. The lowest BCUT2D eigenvalue weighted by molar-refractivity contribution is 0.102. The summed E-state index contributed by atoms with van der Waals surface area (Å²) in [5.74, 6) is 1.30. The molecule has 1 N–H and O–H groups in total. The molecule has 27 heavy (non-hydrogen) atoms. The first-order valence-electron chi connectivity index (χ1n) is 8.94. The topological polar surface area (TPSA) is 76.6 Å². The van der Waals surface area contributed by atoms with Crippen LogP contribution in [0.15, 0.2) is 24.3 Å². The molecule has 1 aromatic heterocycles. The zero-order valence-corrected chi connectivity index (χ0v) is 16.3. The van der Waals surface area contributed by atoms with Gasteiger partial charge in [-0.25, -0.2) is 0 Å². The van der Waals surface area contributed by atoms with Crippen molar-refractivity contribution in [1.82, 2.24) is 10.2 Å². The Morgan fingerprint density at radius 3 is 2.33 bits per heavy atom. The van der Waals surface area contributed by atoms with E-state index in [4.69, 9.17) is 21.1 Å². The molecule has 0 bridgehead atoms. The molecular weight excluding hydrogens is 368 g/mol. The van der Waals surface area contributed by atoms with E-state index >= 15 is 0 Å². The van der Waals surface area contributed by atoms with Crippen LogP contribution in [0.25, 0.3) is 0 Å². The molecule has 3 rings (SSSR count). The van der Waals surface area contributed by atoms with E-state index in [9.17, 15) is 4.79 Å². The zero-order valence-electron chi connectivity index (χ0n) is 15.5. The summed E-state index contributed by atoms with van der Waals surface area (Å²) in [6.45, 7) is 1.95. The van der Waals surface area contributed by atoms with Crippen LogP contribution in [0.5, 0.6) is 11.5 Å². The predicted octanol–water partition coefficient (Wildman–Crippen LogP) is 3.78. The van der Waals surface area contributed by atoms with Crippen LogP contribution < -0.4 is 19.7 Å². The summed E-state index contributed by atoms with van der Waals surface area (Å²) in [6, 6.07) is 6.72. The average Bonchev–Trinajstić information content (AvgIpc) is 2.98. The van der Waals surface area contributed by atoms with Gasteiger partial charge < -0.3 is 19.7 Å². The zero-order chi connectivity index (χ0) is 19.2. The van der Waals surface area contributed by atoms with Crippen molar-refractivity contribution in [2.24, 2.45) is 0 Å². The molecule has 0 atom stereocenters. The van der Waals surface area contributed by atoms with Crippen LogP contribution >= 0.6 is 11.6 Å². The van der Waals surface area contributed by atoms with Crippen LogP contribution in [0, 0.1) is 0 Å². The highest BCUT2D eigenvalue weighted by atomic mass is 35.5. The van der Waals surface area contributed by atoms with E-state index < -0.39 is 0 Å². The fourth-order valence-electron chi connectivity index (χ4n) is 3.06. The van der Waals surface area contributed by atoms with Gasteiger partial charge in [-0.1, -0.05) is 24.4 Å². The Labute approximate surface area is 163 Å². The van der Waals surface area contributed by atoms with Crippen molar-refractivity contribution < 1.29 is 14.3 Å². The van der Waals surface area contributed by atoms with Crippen LogP contribution in [0.2, 0.25) is 5.02 Å². The molecule has 0 spiro atoms. The molecule has 7 nitrogen and oxygen atoms in total. The smallest absolute Gasteiger partial charge is 0.276 e. The highest BCUT2D eigenvalue weighted by Gasteiger charge is 2.16. The largest absolute Gasteiger partial charge is 0.495 e. The van der Waals surface area contributed by atoms with Crippen LogP contribution in [0.1, 0.15) is 36.2 Å². The number of ether oxygens (including phenoxy) is 2. The normalized spacial score (nSPS) is 14.4. The highest BCUT2D eigenvalue weighted by molar-refractivity contribution is 6.32. The molecule has 1 aliphatic heterocycles. The van der Waals surface area contributed by atoms with Gasteiger partial charge in [0, 0.05) is 25.2 Å². The lowest BCUT2D eigenvalue weighted by Crippen LogP contribution is -2.25. The molecule has 1 saturated heterocycles. The first-order chi connectivity index (χ1) is 13.1. The van der Waals surface area contributed by atoms with Gasteiger partial charge in [0.1, 0.15) is 11.5 Å². The van der Waals surface area contributed by atoms with Crippen LogP contribution in [0.3, 0.4) is 0 Å². The molecule has 144 valence electrons. The average molecular weight is 391 g/mol. The Hall–Kier alpha value is -2.54. The van der Waals surface area contributed by atoms with Crippen molar-refractivity contribution in [2.75, 3.05) is 37.5 Å². The Bertz CT molecular complexity index is 790. The number of halogens is 1. The second kappa shape index (κ2) is 8.90. The van der Waals surface area contributed by atoms with Crippen LogP contribution in [0.4, 0.5) is 11.5 Å². The molecule has 1 aliphatic rings. The maximum Gasteiger partial charge on any atom is 0.276 e. The van der Waals surface area contributed by atoms with Crippen LogP contribution in [-0.2, 0) is 0 Å². The highest BCUT2D eigenvalue weighted by Crippen LogP contribution is 2.36. The van der Waals surface area contributed by atoms with Gasteiger partial charge in [-0.3, -0.25) is 4.79 Å². The van der Waals surface area contributed by atoms with E-state index in [-0.39, 0.29) is 11.6 Å². The number of anilines is 2. The van der Waals surface area contributed by atoms with Crippen molar-refractivity contribution in [3.63, 3.8) is 0 Å². The van der Waals surface area contributed by atoms with E-state index in [0.717, 1.165) is 31.7 Å². The fraction of sp³-hybridized carbons (Fsp3) is 0.421. The van der Waals surface area contributed by atoms with Crippen molar-refractivity contribution in [1.29, 1.82) is 0 Å². The van der Waals surface area contributed by atoms with Crippen molar-refractivity contribution in [3.05, 3.63) is 35.0 Å². The van der Waals surface area contributed by atoms with E-state index in [1.54, 1.807) is 18.2 Å². The number of methoxy groups -OCH3 is 2. The summed E-state index contributed by atoms with van der Waals surface area (Å²) >= 11 is 6.09. The van der Waals surface area contributed by atoms with E-state index in [1.807, 2.05) is 6.07 Å². The molecule has 2 aromatic rings. The number of hydrogen-bond donors (Lipinski definition) is 1. The number of benzene rings is 1. The quantitative estimate of drug-likeness (QED) is 0.837. The Morgan fingerprint density at radius 1 is 1.04 bits per heavy atom. The third-order valence-corrected chi connectivity index (χ3v) is 4.83. The molecule has 1 fully saturated rings. The lowest BCUT2D eigenvalue weighted by Gasteiger charge is -2.20. The first kappa shape index (κ1) is 19.2. The van der Waals surface area contributed by atoms with Gasteiger partial charge in [0.25, 0.3) is 5.91 Å². The predicted molar refractivity (Wildman–Crippen MR) is 105 cm³/mol. The Balaban J connectivity index is 1.74. The molecule has 1 amide bonds. The van der Waals surface area contributed by atoms with Crippen LogP contribution in [-0.4, -0.2) is 43.4 Å². The minimum absolute atomic E-state index is 0.226. The number of hydrogen-bond acceptors (Lipinski definition) is 6. The summed E-state index contributed by atoms with van der Waals surface area (Å²) in [5.41, 5.74) is 0.673. The second-order valence-electron chi connectivity index (χ2n) is 6.32. The number of carbonyl (C=O) groups excluding carboxylic acids is 1. The van der Waals surface area contributed by atoms with Gasteiger partial charge >= 0.3 is 0 Å². The molecular formula is C19H23ClN4O3. The van der Waals surface area contributed by atoms with E-state index in [2.05, 4.69) is 20.4 Å². The lowest BCUT2D eigenvalue weighted by atomic mass is 10.2. The number of carbonyl (C=O) groups is 1. The number of nitrogens with one attached hydrogen (secondary N) is 1. The molecule has 0 saturated carbocycles. The minimum atomic E-state index is -0.382. The van der Waals surface area contributed by atoms with Gasteiger partial charge in [-0.2, -0.15) is 0 Å². The molecule has 0 radical (unpaired) electrons. The van der Waals surface area contributed by atoms with Crippen molar-refractivity contribution in [3.8, 4) is 11.5 Å². The van der Waals surface area contributed by atoms with Gasteiger partial charge in [-0.15, -0.1) is 10.2 Å². The summed E-state index contributed by atoms with van der Waals surface area (Å²) in [4.78, 5) is 14.8. The minimum Gasteiger partial charge on any atom is -0.495 e. The Morgan fingerprint density at radius 2 is 1.74 bits per heavy atom.